The van der Waals surface area contributed by atoms with Crippen LogP contribution in [0, 0.1) is 0 Å². The van der Waals surface area contributed by atoms with Crippen LogP contribution in [0.15, 0.2) is 170 Å². The zero-order valence-corrected chi connectivity index (χ0v) is 32.6. The molecule has 4 heterocycles. The predicted molar refractivity (Wildman–Crippen MR) is 243 cm³/mol. The van der Waals surface area contributed by atoms with Crippen molar-refractivity contribution in [2.45, 2.75) is 12.8 Å². The number of rotatable bonds is 6. The minimum Gasteiger partial charge on any atom is -0.283 e. The number of benzene rings is 7. The van der Waals surface area contributed by atoms with Crippen LogP contribution in [0.25, 0.3) is 111 Å². The Hall–Kier alpha value is -7.48. The van der Waals surface area contributed by atoms with Gasteiger partial charge in [-0.15, -0.1) is 0 Å². The van der Waals surface area contributed by atoms with Gasteiger partial charge in [0.05, 0.1) is 32.1 Å². The monoisotopic (exact) mass is 774 g/mol. The van der Waals surface area contributed by atoms with Crippen molar-refractivity contribution in [1.29, 1.82) is 0 Å². The van der Waals surface area contributed by atoms with Crippen LogP contribution in [0.5, 0.6) is 0 Å². The number of hydrogen-bond donors (Lipinski definition) is 0. The van der Waals surface area contributed by atoms with Crippen LogP contribution < -0.4 is 10.6 Å². The van der Waals surface area contributed by atoms with E-state index in [0.717, 1.165) is 94.2 Å². The maximum atomic E-state index is 5.43. The molecule has 0 unspecified atom stereocenters. The van der Waals surface area contributed by atoms with Gasteiger partial charge >= 0.3 is 0 Å². The molecule has 4 aromatic heterocycles. The lowest BCUT2D eigenvalue weighted by molar-refractivity contribution is 0.902. The van der Waals surface area contributed by atoms with Crippen molar-refractivity contribution < 1.29 is 0 Å². The molecule has 11 aromatic rings. The summed E-state index contributed by atoms with van der Waals surface area (Å²) in [5.74, 6) is 1.80. The molecular weight excluding hydrogens is 741 g/mol. The number of fused-ring (bicyclic) bond motifs is 8. The normalized spacial score (nSPS) is 12.5. The van der Waals surface area contributed by atoms with E-state index in [1.807, 2.05) is 12.1 Å². The molecule has 0 amide bonds. The van der Waals surface area contributed by atoms with Crippen LogP contribution in [0.3, 0.4) is 0 Å². The zero-order chi connectivity index (χ0) is 38.9. The standard InChI is InChI=1S/C52H34N6S/c1-3-15-33(16-4-1)35-19-13-21-37(31-35)49-54-50(38-22-14-20-36(32-38)34-17-5-2-6-18-34)56-51(55-49)57-44-26-10-7-23-39(44)41-29-30-42-40-24-8-11-27-45(40)58(48(42)47(41)57)52-53-43-25-9-12-28-46(43)59-52/h1-6,8-9,11-32H,7,10H2. The molecule has 0 spiro atoms. The van der Waals surface area contributed by atoms with E-state index in [9.17, 15) is 0 Å². The summed E-state index contributed by atoms with van der Waals surface area (Å²) >= 11 is 1.71. The fourth-order valence-electron chi connectivity index (χ4n) is 8.75. The number of hydrogen-bond acceptors (Lipinski definition) is 5. The molecule has 12 rings (SSSR count). The molecule has 7 heteroatoms. The van der Waals surface area contributed by atoms with Gasteiger partial charge < -0.3 is 0 Å². The molecule has 0 fully saturated rings. The first kappa shape index (κ1) is 33.6. The average Bonchev–Trinajstić information content (AvgIpc) is 4.00. The highest BCUT2D eigenvalue weighted by Gasteiger charge is 2.24. The van der Waals surface area contributed by atoms with Gasteiger partial charge in [-0.1, -0.05) is 163 Å². The summed E-state index contributed by atoms with van der Waals surface area (Å²) in [7, 11) is 0. The van der Waals surface area contributed by atoms with Crippen molar-refractivity contribution in [3.63, 3.8) is 0 Å². The SMILES string of the molecule is C1=c2c(n(-c3nc(-c4cccc(-c5ccccc5)c4)nc(-c4cccc(-c5ccccc5)c4)n3)c3c2ccc2c4ccccc4n(-c4nc5ccccc5s4)c23)=CCC1. The summed E-state index contributed by atoms with van der Waals surface area (Å²) in [5, 5.41) is 6.72. The molecule has 278 valence electrons. The molecule has 0 N–H and O–H groups in total. The van der Waals surface area contributed by atoms with Gasteiger partial charge in [-0.2, -0.15) is 9.97 Å². The Labute approximate surface area is 343 Å². The number of thiazole rings is 1. The van der Waals surface area contributed by atoms with E-state index in [1.54, 1.807) is 11.3 Å². The Kier molecular flexibility index (Phi) is 7.74. The van der Waals surface area contributed by atoms with E-state index in [1.165, 1.54) is 10.6 Å². The minimum absolute atomic E-state index is 0.576. The van der Waals surface area contributed by atoms with Gasteiger partial charge in [-0.3, -0.25) is 9.13 Å². The third-order valence-electron chi connectivity index (χ3n) is 11.4. The lowest BCUT2D eigenvalue weighted by Crippen LogP contribution is -2.31. The Bertz CT molecular complexity index is 3430. The van der Waals surface area contributed by atoms with E-state index in [2.05, 4.69) is 179 Å². The van der Waals surface area contributed by atoms with Gasteiger partial charge in [-0.05, 0) is 65.4 Å². The quantitative estimate of drug-likeness (QED) is 0.169. The molecule has 0 aliphatic heterocycles. The fraction of sp³-hybridized carbons (Fsp3) is 0.0385. The molecular formula is C52H34N6S. The van der Waals surface area contributed by atoms with Crippen LogP contribution in [-0.2, 0) is 0 Å². The second-order valence-corrected chi connectivity index (χ2v) is 16.0. The maximum Gasteiger partial charge on any atom is 0.238 e. The van der Waals surface area contributed by atoms with E-state index in [4.69, 9.17) is 19.9 Å². The first-order valence-electron chi connectivity index (χ1n) is 20.0. The van der Waals surface area contributed by atoms with Crippen molar-refractivity contribution in [3.8, 4) is 56.1 Å². The van der Waals surface area contributed by atoms with Gasteiger partial charge in [0.1, 0.15) is 0 Å². The predicted octanol–water partition coefficient (Wildman–Crippen LogP) is 11.5. The van der Waals surface area contributed by atoms with Crippen LogP contribution in [0.4, 0.5) is 0 Å². The van der Waals surface area contributed by atoms with E-state index < -0.39 is 0 Å². The zero-order valence-electron chi connectivity index (χ0n) is 31.8. The van der Waals surface area contributed by atoms with Crippen LogP contribution in [-0.4, -0.2) is 29.1 Å². The van der Waals surface area contributed by atoms with E-state index in [-0.39, 0.29) is 0 Å². The van der Waals surface area contributed by atoms with Crippen molar-refractivity contribution >= 4 is 66.4 Å². The number of aromatic nitrogens is 6. The second kappa shape index (κ2) is 13.6. The molecule has 0 saturated heterocycles. The highest BCUT2D eigenvalue weighted by Crippen LogP contribution is 2.39. The van der Waals surface area contributed by atoms with Gasteiger partial charge in [-0.25, -0.2) is 9.97 Å². The van der Waals surface area contributed by atoms with Crippen molar-refractivity contribution in [3.05, 3.63) is 180 Å². The van der Waals surface area contributed by atoms with Crippen molar-refractivity contribution in [1.82, 2.24) is 29.1 Å². The Morgan fingerprint density at radius 1 is 0.424 bits per heavy atom. The summed E-state index contributed by atoms with van der Waals surface area (Å²) < 4.78 is 5.80. The lowest BCUT2D eigenvalue weighted by atomic mass is 10.0. The largest absolute Gasteiger partial charge is 0.283 e. The van der Waals surface area contributed by atoms with Crippen LogP contribution in [0.1, 0.15) is 12.8 Å². The van der Waals surface area contributed by atoms with Crippen molar-refractivity contribution in [2.75, 3.05) is 0 Å². The van der Waals surface area contributed by atoms with Gasteiger partial charge in [0.15, 0.2) is 16.8 Å². The third-order valence-corrected chi connectivity index (χ3v) is 12.5. The molecule has 0 atom stereocenters. The highest BCUT2D eigenvalue weighted by atomic mass is 32.1. The smallest absolute Gasteiger partial charge is 0.238 e. The second-order valence-electron chi connectivity index (χ2n) is 15.0. The lowest BCUT2D eigenvalue weighted by Gasteiger charge is -2.13. The number of para-hydroxylation sites is 2. The molecule has 1 aliphatic carbocycles. The summed E-state index contributed by atoms with van der Waals surface area (Å²) in [4.78, 5) is 21.4. The minimum atomic E-state index is 0.576. The molecule has 6 nitrogen and oxygen atoms in total. The maximum absolute atomic E-state index is 5.43. The van der Waals surface area contributed by atoms with Gasteiger partial charge in [0.25, 0.3) is 0 Å². The molecule has 59 heavy (non-hydrogen) atoms. The third kappa shape index (κ3) is 5.54. The average molecular weight is 775 g/mol. The summed E-state index contributed by atoms with van der Waals surface area (Å²) in [6, 6.07) is 59.6. The van der Waals surface area contributed by atoms with Gasteiger partial charge in [0, 0.05) is 32.5 Å². The molecule has 0 radical (unpaired) electrons. The highest BCUT2D eigenvalue weighted by molar-refractivity contribution is 7.20. The van der Waals surface area contributed by atoms with E-state index >= 15 is 0 Å². The first-order valence-corrected chi connectivity index (χ1v) is 20.8. The van der Waals surface area contributed by atoms with E-state index in [0.29, 0.717) is 17.6 Å². The summed E-state index contributed by atoms with van der Waals surface area (Å²) in [6.07, 6.45) is 6.62. The number of nitrogens with zero attached hydrogens (tertiary/aromatic N) is 6. The topological polar surface area (TPSA) is 61.4 Å². The molecule has 1 aliphatic rings. The van der Waals surface area contributed by atoms with Crippen LogP contribution >= 0.6 is 11.3 Å². The molecule has 0 bridgehead atoms. The Balaban J connectivity index is 1.18. The summed E-state index contributed by atoms with van der Waals surface area (Å²) in [5.41, 5.74) is 10.6. The van der Waals surface area contributed by atoms with Gasteiger partial charge in [0.2, 0.25) is 5.95 Å². The summed E-state index contributed by atoms with van der Waals surface area (Å²) in [6.45, 7) is 0. The molecule has 7 aromatic carbocycles. The Morgan fingerprint density at radius 3 is 1.71 bits per heavy atom. The first-order chi connectivity index (χ1) is 29.2. The Morgan fingerprint density at radius 2 is 1.00 bits per heavy atom. The van der Waals surface area contributed by atoms with Crippen LogP contribution in [0.2, 0.25) is 0 Å². The molecule has 0 saturated carbocycles. The van der Waals surface area contributed by atoms with Crippen molar-refractivity contribution in [2.24, 2.45) is 0 Å². The fourth-order valence-corrected chi connectivity index (χ4v) is 9.73.